The smallest absolute Gasteiger partial charge is 0.199 e. The zero-order valence-electron chi connectivity index (χ0n) is 19.2. The van der Waals surface area contributed by atoms with Crippen LogP contribution in [0.4, 0.5) is 0 Å². The fourth-order valence-electron chi connectivity index (χ4n) is 2.93. The first-order chi connectivity index (χ1) is 13.9. The first kappa shape index (κ1) is 24.6. The van der Waals surface area contributed by atoms with Gasteiger partial charge in [-0.2, -0.15) is 0 Å². The number of rotatable bonds is 9. The number of hydrogen-bond acceptors (Lipinski definition) is 3. The monoisotopic (exact) mass is 444 g/mol. The molecule has 0 N–H and O–H groups in total. The minimum Gasteiger partial charge on any atom is -0.414 e. The summed E-state index contributed by atoms with van der Waals surface area (Å²) >= 11 is 0. The Morgan fingerprint density at radius 1 is 1.00 bits per heavy atom. The minimum atomic E-state index is -3.44. The highest BCUT2D eigenvalue weighted by Crippen LogP contribution is 2.38. The molecular weight excluding hydrogens is 408 g/mol. The van der Waals surface area contributed by atoms with Crippen LogP contribution in [0.25, 0.3) is 0 Å². The van der Waals surface area contributed by atoms with Gasteiger partial charge in [-0.05, 0) is 62.0 Å². The topological polar surface area (TPSA) is 43.4 Å². The van der Waals surface area contributed by atoms with Crippen LogP contribution in [0, 0.1) is 6.92 Å². The molecule has 0 radical (unpaired) electrons. The van der Waals surface area contributed by atoms with Gasteiger partial charge in [0.15, 0.2) is 18.2 Å². The Kier molecular flexibility index (Phi) is 8.25. The first-order valence-electron chi connectivity index (χ1n) is 10.6. The van der Waals surface area contributed by atoms with Crippen molar-refractivity contribution < 1.29 is 12.8 Å². The van der Waals surface area contributed by atoms with Gasteiger partial charge in [-0.15, -0.1) is 0 Å². The van der Waals surface area contributed by atoms with Crippen LogP contribution in [0.2, 0.25) is 18.1 Å². The largest absolute Gasteiger partial charge is 0.414 e. The second-order valence-electron chi connectivity index (χ2n) is 9.49. The van der Waals surface area contributed by atoms with Gasteiger partial charge < -0.3 is 4.43 Å². The second-order valence-corrected chi connectivity index (χ2v) is 16.1. The second kappa shape index (κ2) is 10.1. The molecule has 0 saturated heterocycles. The van der Waals surface area contributed by atoms with Crippen molar-refractivity contribution in [3.63, 3.8) is 0 Å². The molecule has 0 amide bonds. The van der Waals surface area contributed by atoms with E-state index in [0.717, 1.165) is 18.4 Å². The van der Waals surface area contributed by atoms with Crippen molar-refractivity contribution in [3.05, 3.63) is 77.2 Å². The Bertz CT molecular complexity index is 925. The van der Waals surface area contributed by atoms with Crippen LogP contribution in [0.5, 0.6) is 0 Å². The van der Waals surface area contributed by atoms with E-state index in [2.05, 4.69) is 46.0 Å². The van der Waals surface area contributed by atoms with E-state index < -0.39 is 18.2 Å². The van der Waals surface area contributed by atoms with E-state index in [1.54, 1.807) is 18.2 Å². The Balaban J connectivity index is 2.13. The number of hydrogen-bond donors (Lipinski definition) is 0. The van der Waals surface area contributed by atoms with E-state index in [-0.39, 0.29) is 11.1 Å². The van der Waals surface area contributed by atoms with Crippen LogP contribution >= 0.6 is 0 Å². The number of sulfone groups is 1. The highest BCUT2D eigenvalue weighted by molar-refractivity contribution is 7.94. The molecular formula is C25H36O3SSi. The quantitative estimate of drug-likeness (QED) is 0.404. The average molecular weight is 445 g/mol. The van der Waals surface area contributed by atoms with E-state index in [9.17, 15) is 8.42 Å². The fourth-order valence-corrected chi connectivity index (χ4v) is 5.37. The van der Waals surface area contributed by atoms with E-state index >= 15 is 0 Å². The van der Waals surface area contributed by atoms with Crippen LogP contribution in [0.1, 0.15) is 44.7 Å². The fraction of sp³-hybridized carbons (Fsp3) is 0.440. The minimum absolute atomic E-state index is 0.00411. The van der Waals surface area contributed by atoms with Crippen molar-refractivity contribution in [2.45, 2.75) is 76.1 Å². The lowest BCUT2D eigenvalue weighted by Gasteiger charge is -2.39. The van der Waals surface area contributed by atoms with E-state index in [4.69, 9.17) is 4.43 Å². The maximum absolute atomic E-state index is 12.6. The Morgan fingerprint density at radius 3 is 2.17 bits per heavy atom. The summed E-state index contributed by atoms with van der Waals surface area (Å²) in [7, 11) is -5.39. The molecule has 0 aliphatic rings. The summed E-state index contributed by atoms with van der Waals surface area (Å²) in [6.07, 6.45) is 4.13. The van der Waals surface area contributed by atoms with Crippen LogP contribution < -0.4 is 0 Å². The van der Waals surface area contributed by atoms with E-state index in [1.165, 1.54) is 11.0 Å². The molecule has 1 unspecified atom stereocenters. The molecule has 164 valence electrons. The summed E-state index contributed by atoms with van der Waals surface area (Å²) in [4.78, 5) is 0.329. The molecule has 0 aliphatic heterocycles. The molecule has 1 atom stereocenters. The molecule has 2 aromatic rings. The van der Waals surface area contributed by atoms with Crippen LogP contribution in [-0.4, -0.2) is 22.8 Å². The third kappa shape index (κ3) is 7.22. The lowest BCUT2D eigenvalue weighted by atomic mass is 10.1. The molecule has 5 heteroatoms. The van der Waals surface area contributed by atoms with Gasteiger partial charge in [0, 0.05) is 11.5 Å². The van der Waals surface area contributed by atoms with Crippen molar-refractivity contribution in [2.24, 2.45) is 0 Å². The predicted octanol–water partition coefficient (Wildman–Crippen LogP) is 6.70. The van der Waals surface area contributed by atoms with Gasteiger partial charge in [0.1, 0.15) is 0 Å². The molecule has 3 nitrogen and oxygen atoms in total. The molecule has 2 rings (SSSR count). The zero-order valence-corrected chi connectivity index (χ0v) is 21.0. The lowest BCUT2D eigenvalue weighted by Crippen LogP contribution is -2.44. The molecule has 0 aliphatic carbocycles. The third-order valence-corrected chi connectivity index (χ3v) is 11.9. The SMILES string of the molecule is Cc1ccc(S(=O)(=O)/C=C/CC(CCc2ccccc2)O[Si](C)(C)C(C)(C)C)cc1. The molecule has 30 heavy (non-hydrogen) atoms. The summed E-state index contributed by atoms with van der Waals surface area (Å²) in [6, 6.07) is 17.3. The summed E-state index contributed by atoms with van der Waals surface area (Å²) in [5.41, 5.74) is 2.32. The molecule has 0 heterocycles. The van der Waals surface area contributed by atoms with Crippen molar-refractivity contribution in [3.8, 4) is 0 Å². The molecule has 0 aromatic heterocycles. The zero-order chi connectivity index (χ0) is 22.4. The summed E-state index contributed by atoms with van der Waals surface area (Å²) in [6.45, 7) is 13.1. The van der Waals surface area contributed by atoms with Crippen molar-refractivity contribution >= 4 is 18.2 Å². The molecule has 0 bridgehead atoms. The molecule has 0 saturated carbocycles. The predicted molar refractivity (Wildman–Crippen MR) is 129 cm³/mol. The molecule has 0 fully saturated rings. The maximum Gasteiger partial charge on any atom is 0.199 e. The van der Waals surface area contributed by atoms with Crippen LogP contribution in [0.3, 0.4) is 0 Å². The van der Waals surface area contributed by atoms with E-state index in [0.29, 0.717) is 11.3 Å². The van der Waals surface area contributed by atoms with Gasteiger partial charge in [-0.3, -0.25) is 0 Å². The number of aryl methyl sites for hydroxylation is 2. The first-order valence-corrected chi connectivity index (χ1v) is 15.1. The lowest BCUT2D eigenvalue weighted by molar-refractivity contribution is 0.174. The van der Waals surface area contributed by atoms with Crippen molar-refractivity contribution in [1.82, 2.24) is 0 Å². The van der Waals surface area contributed by atoms with Gasteiger partial charge in [0.2, 0.25) is 0 Å². The van der Waals surface area contributed by atoms with Gasteiger partial charge >= 0.3 is 0 Å². The Morgan fingerprint density at radius 2 is 1.60 bits per heavy atom. The van der Waals surface area contributed by atoms with Gasteiger partial charge in [-0.1, -0.05) is 74.9 Å². The molecule has 0 spiro atoms. The van der Waals surface area contributed by atoms with Gasteiger partial charge in [-0.25, -0.2) is 8.42 Å². The summed E-state index contributed by atoms with van der Waals surface area (Å²) < 4.78 is 31.9. The van der Waals surface area contributed by atoms with E-state index in [1.807, 2.05) is 37.3 Å². The highest BCUT2D eigenvalue weighted by atomic mass is 32.2. The third-order valence-electron chi connectivity index (χ3n) is 5.89. The van der Waals surface area contributed by atoms with Crippen molar-refractivity contribution in [2.75, 3.05) is 0 Å². The van der Waals surface area contributed by atoms with Crippen molar-refractivity contribution in [1.29, 1.82) is 0 Å². The van der Waals surface area contributed by atoms with Gasteiger partial charge in [0.25, 0.3) is 0 Å². The maximum atomic E-state index is 12.6. The van der Waals surface area contributed by atoms with Crippen LogP contribution in [-0.2, 0) is 20.7 Å². The highest BCUT2D eigenvalue weighted by Gasteiger charge is 2.38. The summed E-state index contributed by atoms with van der Waals surface area (Å²) in [5.74, 6) is 0. The summed E-state index contributed by atoms with van der Waals surface area (Å²) in [5, 5.41) is 1.44. The Labute approximate surface area is 184 Å². The average Bonchev–Trinajstić information content (AvgIpc) is 2.66. The number of benzene rings is 2. The Hall–Kier alpha value is -1.69. The molecule has 2 aromatic carbocycles. The standard InChI is InChI=1S/C25H36O3SSi/c1-21-14-18-24(19-15-21)29(26,27)20-10-13-23(28-30(5,6)25(2,3)4)17-16-22-11-8-7-9-12-22/h7-12,14-15,18-20,23H,13,16-17H2,1-6H3/b20-10+. The van der Waals surface area contributed by atoms with Crippen LogP contribution in [0.15, 0.2) is 71.0 Å². The van der Waals surface area contributed by atoms with Gasteiger partial charge in [0.05, 0.1) is 4.90 Å². The normalized spacial score (nSPS) is 14.2.